The third kappa shape index (κ3) is 3.43. The van der Waals surface area contributed by atoms with Crippen LogP contribution in [0, 0.1) is 0 Å². The van der Waals surface area contributed by atoms with Gasteiger partial charge in [-0.25, -0.2) is 0 Å². The van der Waals surface area contributed by atoms with Crippen LogP contribution in [0.2, 0.25) is 0 Å². The highest BCUT2D eigenvalue weighted by Gasteiger charge is 2.54. The molecular weight excluding hydrogens is 298 g/mol. The molecule has 2 saturated heterocycles. The summed E-state index contributed by atoms with van der Waals surface area (Å²) >= 11 is 1.77. The molecule has 22 heavy (non-hydrogen) atoms. The van der Waals surface area contributed by atoms with Gasteiger partial charge in [-0.3, -0.25) is 9.59 Å². The summed E-state index contributed by atoms with van der Waals surface area (Å²) in [6.45, 7) is 10.8. The van der Waals surface area contributed by atoms with Gasteiger partial charge in [0.15, 0.2) is 0 Å². The largest absolute Gasteiger partial charge is 0.352 e. The lowest BCUT2D eigenvalue weighted by Gasteiger charge is -2.33. The van der Waals surface area contributed by atoms with Crippen LogP contribution in [0.4, 0.5) is 0 Å². The van der Waals surface area contributed by atoms with Gasteiger partial charge >= 0.3 is 0 Å². The molecule has 0 bridgehead atoms. The first-order chi connectivity index (χ1) is 10.3. The number of rotatable bonds is 4. The first kappa shape index (κ1) is 17.6. The van der Waals surface area contributed by atoms with Crippen molar-refractivity contribution < 1.29 is 9.59 Å². The normalized spacial score (nSPS) is 31.1. The van der Waals surface area contributed by atoms with Crippen LogP contribution in [0.5, 0.6) is 0 Å². The van der Waals surface area contributed by atoms with Crippen LogP contribution >= 0.6 is 11.8 Å². The molecule has 2 fully saturated rings. The Balaban J connectivity index is 2.29. The molecule has 0 aromatic carbocycles. The average molecular weight is 327 g/mol. The van der Waals surface area contributed by atoms with Gasteiger partial charge in [0.05, 0.1) is 11.4 Å². The Morgan fingerprint density at radius 3 is 2.68 bits per heavy atom. The maximum atomic E-state index is 13.0. The van der Waals surface area contributed by atoms with E-state index in [2.05, 4.69) is 24.5 Å². The number of likely N-dealkylation sites (N-methyl/N-ethyl adjacent to an activating group) is 1. The number of hydrogen-bond donors (Lipinski definition) is 2. The van der Waals surface area contributed by atoms with E-state index in [0.717, 1.165) is 25.8 Å². The number of amides is 2. The third-order valence-electron chi connectivity index (χ3n) is 4.31. The maximum absolute atomic E-state index is 13.0. The van der Waals surface area contributed by atoms with Gasteiger partial charge in [-0.15, -0.1) is 11.8 Å². The van der Waals surface area contributed by atoms with Crippen molar-refractivity contribution in [2.45, 2.75) is 82.1 Å². The highest BCUT2D eigenvalue weighted by atomic mass is 32.2. The fourth-order valence-corrected chi connectivity index (χ4v) is 5.16. The first-order valence-electron chi connectivity index (χ1n) is 8.31. The van der Waals surface area contributed by atoms with Crippen molar-refractivity contribution in [2.75, 3.05) is 6.54 Å². The molecule has 126 valence electrons. The number of fused-ring (bicyclic) bond motifs is 1. The molecule has 0 aromatic heterocycles. The molecule has 0 radical (unpaired) electrons. The molecule has 2 amide bonds. The van der Waals surface area contributed by atoms with Crippen molar-refractivity contribution in [1.82, 2.24) is 15.5 Å². The zero-order chi connectivity index (χ0) is 16.5. The van der Waals surface area contributed by atoms with Gasteiger partial charge in [-0.05, 0) is 53.5 Å². The summed E-state index contributed by atoms with van der Waals surface area (Å²) in [5.74, 6) is 0.0619. The summed E-state index contributed by atoms with van der Waals surface area (Å²) in [6.07, 6.45) is 2.85. The van der Waals surface area contributed by atoms with Crippen molar-refractivity contribution in [3.8, 4) is 0 Å². The molecule has 2 aliphatic rings. The summed E-state index contributed by atoms with van der Waals surface area (Å²) in [5.41, 5.74) is 0. The molecule has 0 aromatic rings. The van der Waals surface area contributed by atoms with E-state index in [1.54, 1.807) is 11.8 Å². The Bertz CT molecular complexity index is 439. The number of thioether (sulfide) groups is 1. The predicted molar refractivity (Wildman–Crippen MR) is 90.7 cm³/mol. The summed E-state index contributed by atoms with van der Waals surface area (Å²) < 4.78 is -0.257. The first-order valence-corrected chi connectivity index (χ1v) is 9.19. The minimum atomic E-state index is -0.392. The van der Waals surface area contributed by atoms with Gasteiger partial charge in [-0.1, -0.05) is 6.92 Å². The lowest BCUT2D eigenvalue weighted by Crippen LogP contribution is -2.58. The Kier molecular flexibility index (Phi) is 5.43. The molecule has 5 nitrogen and oxygen atoms in total. The van der Waals surface area contributed by atoms with E-state index in [1.807, 2.05) is 25.7 Å². The third-order valence-corrected chi connectivity index (χ3v) is 5.88. The molecule has 0 spiro atoms. The van der Waals surface area contributed by atoms with E-state index in [4.69, 9.17) is 0 Å². The van der Waals surface area contributed by atoms with E-state index < -0.39 is 6.04 Å². The van der Waals surface area contributed by atoms with Gasteiger partial charge in [0.25, 0.3) is 0 Å². The monoisotopic (exact) mass is 327 g/mol. The van der Waals surface area contributed by atoms with Crippen molar-refractivity contribution >= 4 is 23.6 Å². The zero-order valence-electron chi connectivity index (χ0n) is 14.3. The molecule has 0 saturated carbocycles. The molecule has 6 heteroatoms. The van der Waals surface area contributed by atoms with Crippen molar-refractivity contribution in [2.24, 2.45) is 0 Å². The molecule has 0 aliphatic carbocycles. The summed E-state index contributed by atoms with van der Waals surface area (Å²) in [7, 11) is 0. The standard InChI is InChI=1S/C16H29N3O2S/c1-6-17-11-8-7-9-12-19(15(11)21)13(16(4,5)22-12)14(20)18-10(2)3/h10-13,17H,6-9H2,1-5H3,(H,18,20)/t11-,12+,13+/m0/s1. The van der Waals surface area contributed by atoms with E-state index >= 15 is 0 Å². The SMILES string of the molecule is CCN[C@H]1CCC[C@H]2SC(C)(C)[C@@H](C(=O)NC(C)C)N2C1=O. The lowest BCUT2D eigenvalue weighted by atomic mass is 9.99. The van der Waals surface area contributed by atoms with Crippen LogP contribution < -0.4 is 10.6 Å². The zero-order valence-corrected chi connectivity index (χ0v) is 15.1. The Hall–Kier alpha value is -0.750. The average Bonchev–Trinajstić information content (AvgIpc) is 2.58. The number of nitrogens with zero attached hydrogens (tertiary/aromatic N) is 1. The maximum Gasteiger partial charge on any atom is 0.244 e. The van der Waals surface area contributed by atoms with Crippen LogP contribution in [-0.2, 0) is 9.59 Å². The smallest absolute Gasteiger partial charge is 0.244 e. The van der Waals surface area contributed by atoms with Gasteiger partial charge in [0.2, 0.25) is 11.8 Å². The van der Waals surface area contributed by atoms with Crippen molar-refractivity contribution in [3.63, 3.8) is 0 Å². The number of carbonyl (C=O) groups is 2. The molecular formula is C16H29N3O2S. The van der Waals surface area contributed by atoms with Gasteiger partial charge in [0, 0.05) is 10.8 Å². The van der Waals surface area contributed by atoms with Crippen LogP contribution in [-0.4, -0.2) is 51.5 Å². The van der Waals surface area contributed by atoms with E-state index in [0.29, 0.717) is 0 Å². The molecule has 3 atom stereocenters. The van der Waals surface area contributed by atoms with Crippen LogP contribution in [0.25, 0.3) is 0 Å². The predicted octanol–water partition coefficient (Wildman–Crippen LogP) is 1.72. The number of carbonyl (C=O) groups excluding carboxylic acids is 2. The van der Waals surface area contributed by atoms with Gasteiger partial charge in [0.1, 0.15) is 6.04 Å². The second-order valence-electron chi connectivity index (χ2n) is 7.03. The van der Waals surface area contributed by atoms with Crippen LogP contribution in [0.1, 0.15) is 53.9 Å². The highest BCUT2D eigenvalue weighted by Crippen LogP contribution is 2.47. The summed E-state index contributed by atoms with van der Waals surface area (Å²) in [4.78, 5) is 27.5. The number of nitrogens with one attached hydrogen (secondary N) is 2. The second kappa shape index (κ2) is 6.79. The van der Waals surface area contributed by atoms with Gasteiger partial charge < -0.3 is 15.5 Å². The van der Waals surface area contributed by atoms with Crippen LogP contribution in [0.15, 0.2) is 0 Å². The van der Waals surface area contributed by atoms with E-state index in [9.17, 15) is 9.59 Å². The minimum absolute atomic E-state index is 0.0273. The topological polar surface area (TPSA) is 61.4 Å². The lowest BCUT2D eigenvalue weighted by molar-refractivity contribution is -0.142. The molecule has 2 heterocycles. The fraction of sp³-hybridized carbons (Fsp3) is 0.875. The molecule has 2 aliphatic heterocycles. The summed E-state index contributed by atoms with van der Waals surface area (Å²) in [6, 6.07) is -0.463. The van der Waals surface area contributed by atoms with E-state index in [-0.39, 0.29) is 34.0 Å². The fourth-order valence-electron chi connectivity index (χ4n) is 3.48. The molecule has 2 N–H and O–H groups in total. The Morgan fingerprint density at radius 1 is 1.41 bits per heavy atom. The minimum Gasteiger partial charge on any atom is -0.352 e. The second-order valence-corrected chi connectivity index (χ2v) is 8.86. The highest BCUT2D eigenvalue weighted by molar-refractivity contribution is 8.01. The Labute approximate surface area is 138 Å². The quantitative estimate of drug-likeness (QED) is 0.825. The van der Waals surface area contributed by atoms with Crippen molar-refractivity contribution in [1.29, 1.82) is 0 Å². The Morgan fingerprint density at radius 2 is 2.09 bits per heavy atom. The van der Waals surface area contributed by atoms with Crippen molar-refractivity contribution in [3.05, 3.63) is 0 Å². The van der Waals surface area contributed by atoms with E-state index in [1.165, 1.54) is 0 Å². The van der Waals surface area contributed by atoms with Gasteiger partial charge in [-0.2, -0.15) is 0 Å². The summed E-state index contributed by atoms with van der Waals surface area (Å²) in [5, 5.41) is 6.40. The number of hydrogen-bond acceptors (Lipinski definition) is 4. The molecule has 0 unspecified atom stereocenters. The van der Waals surface area contributed by atoms with Crippen LogP contribution in [0.3, 0.4) is 0 Å². The molecule has 2 rings (SSSR count).